The molecule has 0 aliphatic carbocycles. The van der Waals surface area contributed by atoms with Gasteiger partial charge in [0.1, 0.15) is 5.52 Å². The molecule has 0 amide bonds. The summed E-state index contributed by atoms with van der Waals surface area (Å²) in [4.78, 5) is 6.93. The molecule has 5 heteroatoms. The van der Waals surface area contributed by atoms with Gasteiger partial charge in [-0.15, -0.1) is 0 Å². The summed E-state index contributed by atoms with van der Waals surface area (Å²) in [5.74, 6) is 1.95. The Bertz CT molecular complexity index is 593. The molecule has 102 valence electrons. The van der Waals surface area contributed by atoms with Crippen molar-refractivity contribution in [3.8, 4) is 0 Å². The highest BCUT2D eigenvalue weighted by Gasteiger charge is 2.27. The van der Waals surface area contributed by atoms with Gasteiger partial charge in [0, 0.05) is 35.3 Å². The number of aromatic nitrogens is 1. The van der Waals surface area contributed by atoms with Crippen LogP contribution in [0.1, 0.15) is 19.7 Å². The van der Waals surface area contributed by atoms with Crippen molar-refractivity contribution in [2.45, 2.75) is 25.1 Å². The SMILES string of the molecule is CC1(C)CN(Cc2nc3ccc(N)cc3o2)CCS1. The van der Waals surface area contributed by atoms with Crippen LogP contribution in [-0.2, 0) is 6.54 Å². The molecule has 0 saturated carbocycles. The summed E-state index contributed by atoms with van der Waals surface area (Å²) in [5.41, 5.74) is 8.13. The molecular formula is C14H19N3OS. The van der Waals surface area contributed by atoms with Gasteiger partial charge in [-0.05, 0) is 26.0 Å². The molecule has 0 unspecified atom stereocenters. The van der Waals surface area contributed by atoms with E-state index in [4.69, 9.17) is 10.2 Å². The molecule has 2 aromatic rings. The highest BCUT2D eigenvalue weighted by molar-refractivity contribution is 8.00. The molecule has 1 aliphatic rings. The lowest BCUT2D eigenvalue weighted by atomic mass is 10.2. The van der Waals surface area contributed by atoms with Gasteiger partial charge in [-0.1, -0.05) is 0 Å². The molecule has 2 N–H and O–H groups in total. The summed E-state index contributed by atoms with van der Waals surface area (Å²) in [6, 6.07) is 5.60. The second kappa shape index (κ2) is 4.72. The lowest BCUT2D eigenvalue weighted by molar-refractivity contribution is 0.231. The van der Waals surface area contributed by atoms with Crippen LogP contribution >= 0.6 is 11.8 Å². The van der Waals surface area contributed by atoms with Crippen LogP contribution in [0.3, 0.4) is 0 Å². The van der Waals surface area contributed by atoms with Crippen LogP contribution in [0.4, 0.5) is 5.69 Å². The van der Waals surface area contributed by atoms with Gasteiger partial charge < -0.3 is 10.2 Å². The second-order valence-corrected chi connectivity index (χ2v) is 7.46. The Kier molecular flexibility index (Phi) is 3.19. The molecule has 0 spiro atoms. The highest BCUT2D eigenvalue weighted by atomic mass is 32.2. The molecule has 1 saturated heterocycles. The summed E-state index contributed by atoms with van der Waals surface area (Å²) in [7, 11) is 0. The first-order chi connectivity index (χ1) is 9.02. The van der Waals surface area contributed by atoms with Gasteiger partial charge in [0.15, 0.2) is 5.58 Å². The standard InChI is InChI=1S/C14H19N3OS/c1-14(2)9-17(5-6-19-14)8-13-16-11-4-3-10(15)7-12(11)18-13/h3-4,7H,5-6,8-9,15H2,1-2H3. The smallest absolute Gasteiger partial charge is 0.209 e. The zero-order chi connectivity index (χ0) is 13.5. The van der Waals surface area contributed by atoms with Crippen molar-refractivity contribution in [2.24, 2.45) is 0 Å². The summed E-state index contributed by atoms with van der Waals surface area (Å²) in [6.07, 6.45) is 0. The molecule has 0 atom stereocenters. The van der Waals surface area contributed by atoms with Crippen molar-refractivity contribution in [2.75, 3.05) is 24.6 Å². The average Bonchev–Trinajstić information content (AvgIpc) is 2.68. The topological polar surface area (TPSA) is 55.3 Å². The molecule has 1 aromatic carbocycles. The van der Waals surface area contributed by atoms with Gasteiger partial charge in [-0.25, -0.2) is 4.98 Å². The van der Waals surface area contributed by atoms with Gasteiger partial charge in [-0.3, -0.25) is 4.90 Å². The van der Waals surface area contributed by atoms with E-state index in [1.165, 1.54) is 5.75 Å². The molecule has 1 fully saturated rings. The number of nitrogens with two attached hydrogens (primary N) is 1. The van der Waals surface area contributed by atoms with E-state index in [2.05, 4.69) is 23.7 Å². The summed E-state index contributed by atoms with van der Waals surface area (Å²) in [5, 5.41) is 0. The van der Waals surface area contributed by atoms with E-state index in [1.807, 2.05) is 30.0 Å². The zero-order valence-electron chi connectivity index (χ0n) is 11.3. The van der Waals surface area contributed by atoms with E-state index in [0.29, 0.717) is 10.4 Å². The number of hydrogen-bond acceptors (Lipinski definition) is 5. The number of thioether (sulfide) groups is 1. The maximum absolute atomic E-state index is 5.78. The number of rotatable bonds is 2. The number of nitrogen functional groups attached to an aromatic ring is 1. The Labute approximate surface area is 117 Å². The lowest BCUT2D eigenvalue weighted by Gasteiger charge is -2.36. The lowest BCUT2D eigenvalue weighted by Crippen LogP contribution is -2.42. The van der Waals surface area contributed by atoms with Gasteiger partial charge in [0.2, 0.25) is 5.89 Å². The average molecular weight is 277 g/mol. The molecule has 0 radical (unpaired) electrons. The Morgan fingerprint density at radius 3 is 3.11 bits per heavy atom. The number of oxazole rings is 1. The fourth-order valence-corrected chi connectivity index (χ4v) is 3.67. The first kappa shape index (κ1) is 12.8. The summed E-state index contributed by atoms with van der Waals surface area (Å²) < 4.78 is 6.09. The molecule has 4 nitrogen and oxygen atoms in total. The predicted molar refractivity (Wildman–Crippen MR) is 80.2 cm³/mol. The quantitative estimate of drug-likeness (QED) is 0.855. The number of benzene rings is 1. The number of anilines is 1. The zero-order valence-corrected chi connectivity index (χ0v) is 12.2. The minimum absolute atomic E-state index is 0.314. The van der Waals surface area contributed by atoms with Gasteiger partial charge in [0.25, 0.3) is 0 Å². The molecule has 3 rings (SSSR count). The molecule has 19 heavy (non-hydrogen) atoms. The fraction of sp³-hybridized carbons (Fsp3) is 0.500. The van der Waals surface area contributed by atoms with Crippen molar-refractivity contribution in [1.82, 2.24) is 9.88 Å². The van der Waals surface area contributed by atoms with Crippen LogP contribution in [-0.4, -0.2) is 33.5 Å². The third kappa shape index (κ3) is 2.87. The Hall–Kier alpha value is -1.20. The number of fused-ring (bicyclic) bond motifs is 1. The van der Waals surface area contributed by atoms with Crippen LogP contribution in [0.15, 0.2) is 22.6 Å². The van der Waals surface area contributed by atoms with E-state index >= 15 is 0 Å². The van der Waals surface area contributed by atoms with Gasteiger partial charge in [0.05, 0.1) is 6.54 Å². The van der Waals surface area contributed by atoms with Crippen LogP contribution in [0.25, 0.3) is 11.1 Å². The molecule has 2 heterocycles. The van der Waals surface area contributed by atoms with Crippen LogP contribution in [0.5, 0.6) is 0 Å². The minimum atomic E-state index is 0.314. The monoisotopic (exact) mass is 277 g/mol. The van der Waals surface area contributed by atoms with Crippen molar-refractivity contribution >= 4 is 28.5 Å². The van der Waals surface area contributed by atoms with Gasteiger partial charge >= 0.3 is 0 Å². The normalized spacial score (nSPS) is 19.9. The van der Waals surface area contributed by atoms with Crippen LogP contribution < -0.4 is 5.73 Å². The fourth-order valence-electron chi connectivity index (χ4n) is 2.50. The molecule has 1 aliphatic heterocycles. The largest absolute Gasteiger partial charge is 0.439 e. The van der Waals surface area contributed by atoms with E-state index in [9.17, 15) is 0 Å². The van der Waals surface area contributed by atoms with Crippen LogP contribution in [0.2, 0.25) is 0 Å². The van der Waals surface area contributed by atoms with Crippen molar-refractivity contribution in [3.05, 3.63) is 24.1 Å². The highest BCUT2D eigenvalue weighted by Crippen LogP contribution is 2.30. The van der Waals surface area contributed by atoms with Crippen molar-refractivity contribution in [1.29, 1.82) is 0 Å². The Balaban J connectivity index is 1.77. The molecular weight excluding hydrogens is 258 g/mol. The van der Waals surface area contributed by atoms with Crippen molar-refractivity contribution < 1.29 is 4.42 Å². The maximum atomic E-state index is 5.78. The van der Waals surface area contributed by atoms with E-state index in [-0.39, 0.29) is 0 Å². The molecule has 0 bridgehead atoms. The first-order valence-electron chi connectivity index (χ1n) is 6.53. The van der Waals surface area contributed by atoms with Crippen molar-refractivity contribution in [3.63, 3.8) is 0 Å². The Morgan fingerprint density at radius 1 is 1.47 bits per heavy atom. The predicted octanol–water partition coefficient (Wildman–Crippen LogP) is 2.74. The van der Waals surface area contributed by atoms with E-state index in [0.717, 1.165) is 36.6 Å². The number of nitrogens with zero attached hydrogens (tertiary/aromatic N) is 2. The third-order valence-electron chi connectivity index (χ3n) is 3.32. The second-order valence-electron chi connectivity index (χ2n) is 5.65. The number of hydrogen-bond donors (Lipinski definition) is 1. The minimum Gasteiger partial charge on any atom is -0.439 e. The maximum Gasteiger partial charge on any atom is 0.209 e. The van der Waals surface area contributed by atoms with Crippen LogP contribution in [0, 0.1) is 0 Å². The summed E-state index contributed by atoms with van der Waals surface area (Å²) >= 11 is 2.03. The van der Waals surface area contributed by atoms with E-state index < -0.39 is 0 Å². The third-order valence-corrected chi connectivity index (χ3v) is 4.62. The van der Waals surface area contributed by atoms with E-state index in [1.54, 1.807) is 0 Å². The summed E-state index contributed by atoms with van der Waals surface area (Å²) in [6.45, 7) is 7.51. The molecule has 1 aromatic heterocycles. The Morgan fingerprint density at radius 2 is 2.32 bits per heavy atom. The first-order valence-corrected chi connectivity index (χ1v) is 7.52. The van der Waals surface area contributed by atoms with Gasteiger partial charge in [-0.2, -0.15) is 11.8 Å².